The number of amides is 1. The highest BCUT2D eigenvalue weighted by molar-refractivity contribution is 7.14. The standard InChI is InChI=1S/C25H27N3O5S/c1-2-25(32,24(30)31)18-7-5-16(6-8-18)20(33-19-4-3-10-26-14-19)15-28-23(29)22-12-17-13-27-11-9-21(17)34-22/h3-8,10,12,14,20,27,32H,2,9,11,13,15H2,1H3,(H,28,29)(H,30,31). The summed E-state index contributed by atoms with van der Waals surface area (Å²) in [6, 6.07) is 12.0. The molecule has 0 saturated carbocycles. The molecule has 4 N–H and O–H groups in total. The number of ether oxygens (including phenoxy) is 1. The minimum Gasteiger partial charge on any atom is -0.482 e. The number of hydrogen-bond acceptors (Lipinski definition) is 7. The Bertz CT molecular complexity index is 1130. The van der Waals surface area contributed by atoms with Gasteiger partial charge in [0.25, 0.3) is 5.91 Å². The van der Waals surface area contributed by atoms with Crippen LogP contribution in [0, 0.1) is 0 Å². The molecule has 0 saturated heterocycles. The minimum atomic E-state index is -1.96. The highest BCUT2D eigenvalue weighted by atomic mass is 32.1. The summed E-state index contributed by atoms with van der Waals surface area (Å²) in [6.07, 6.45) is 3.64. The Hall–Kier alpha value is -3.27. The quantitative estimate of drug-likeness (QED) is 0.371. The number of aromatic nitrogens is 1. The zero-order valence-electron chi connectivity index (χ0n) is 18.8. The van der Waals surface area contributed by atoms with Crippen molar-refractivity contribution >= 4 is 23.2 Å². The Balaban J connectivity index is 1.53. The third-order valence-corrected chi connectivity index (χ3v) is 7.19. The molecule has 0 aliphatic carbocycles. The molecule has 3 aromatic rings. The molecule has 1 aliphatic rings. The molecule has 0 bridgehead atoms. The van der Waals surface area contributed by atoms with Gasteiger partial charge in [0, 0.05) is 24.2 Å². The molecule has 34 heavy (non-hydrogen) atoms. The Morgan fingerprint density at radius 2 is 2.09 bits per heavy atom. The number of carboxylic acids is 1. The number of hydrogen-bond donors (Lipinski definition) is 4. The van der Waals surface area contributed by atoms with E-state index >= 15 is 0 Å². The van der Waals surface area contributed by atoms with Gasteiger partial charge >= 0.3 is 5.97 Å². The van der Waals surface area contributed by atoms with E-state index in [4.69, 9.17) is 4.74 Å². The summed E-state index contributed by atoms with van der Waals surface area (Å²) < 4.78 is 6.10. The molecule has 9 heteroatoms. The van der Waals surface area contributed by atoms with Gasteiger partial charge in [0.15, 0.2) is 5.60 Å². The molecule has 1 aliphatic heterocycles. The molecule has 3 heterocycles. The zero-order chi connectivity index (χ0) is 24.1. The van der Waals surface area contributed by atoms with Crippen LogP contribution >= 0.6 is 11.3 Å². The van der Waals surface area contributed by atoms with Gasteiger partial charge in [0.2, 0.25) is 0 Å². The van der Waals surface area contributed by atoms with E-state index in [-0.39, 0.29) is 24.4 Å². The number of aliphatic carboxylic acids is 1. The average Bonchev–Trinajstić information content (AvgIpc) is 3.31. The highest BCUT2D eigenvalue weighted by Crippen LogP contribution is 2.29. The molecule has 2 unspecified atom stereocenters. The number of aliphatic hydroxyl groups is 1. The van der Waals surface area contributed by atoms with Crippen LogP contribution in [0.5, 0.6) is 5.75 Å². The number of pyridine rings is 1. The van der Waals surface area contributed by atoms with Gasteiger partial charge < -0.3 is 25.6 Å². The fourth-order valence-electron chi connectivity index (χ4n) is 3.90. The number of nitrogens with one attached hydrogen (secondary N) is 2. The molecular weight excluding hydrogens is 454 g/mol. The summed E-state index contributed by atoms with van der Waals surface area (Å²) >= 11 is 1.52. The summed E-state index contributed by atoms with van der Waals surface area (Å²) in [5, 5.41) is 26.2. The molecule has 2 aromatic heterocycles. The van der Waals surface area contributed by atoms with Crippen LogP contribution in [0.2, 0.25) is 0 Å². The average molecular weight is 482 g/mol. The topological polar surface area (TPSA) is 121 Å². The van der Waals surface area contributed by atoms with E-state index in [1.165, 1.54) is 21.8 Å². The van der Waals surface area contributed by atoms with Gasteiger partial charge in [-0.15, -0.1) is 11.3 Å². The first-order valence-electron chi connectivity index (χ1n) is 11.1. The number of fused-ring (bicyclic) bond motifs is 1. The Morgan fingerprint density at radius 1 is 1.29 bits per heavy atom. The summed E-state index contributed by atoms with van der Waals surface area (Å²) in [4.78, 5) is 30.4. The van der Waals surface area contributed by atoms with Gasteiger partial charge in [0.1, 0.15) is 11.9 Å². The van der Waals surface area contributed by atoms with E-state index in [0.29, 0.717) is 10.6 Å². The third kappa shape index (κ3) is 5.11. The van der Waals surface area contributed by atoms with E-state index in [2.05, 4.69) is 15.6 Å². The second-order valence-electron chi connectivity index (χ2n) is 8.13. The van der Waals surface area contributed by atoms with Crippen molar-refractivity contribution in [3.05, 3.63) is 81.3 Å². The van der Waals surface area contributed by atoms with Crippen molar-refractivity contribution in [2.24, 2.45) is 0 Å². The molecule has 0 spiro atoms. The number of thiophene rings is 1. The van der Waals surface area contributed by atoms with Crippen LogP contribution in [-0.4, -0.2) is 40.2 Å². The van der Waals surface area contributed by atoms with Crippen LogP contribution < -0.4 is 15.4 Å². The predicted molar refractivity (Wildman–Crippen MR) is 128 cm³/mol. The van der Waals surface area contributed by atoms with Crippen molar-refractivity contribution in [1.82, 2.24) is 15.6 Å². The molecule has 178 valence electrons. The maximum absolute atomic E-state index is 12.9. The maximum atomic E-state index is 12.9. The van der Waals surface area contributed by atoms with Gasteiger partial charge in [-0.25, -0.2) is 4.79 Å². The van der Waals surface area contributed by atoms with Crippen molar-refractivity contribution < 1.29 is 24.5 Å². The second-order valence-corrected chi connectivity index (χ2v) is 9.27. The molecule has 2 atom stereocenters. The minimum absolute atomic E-state index is 0.0354. The lowest BCUT2D eigenvalue weighted by molar-refractivity contribution is -0.160. The van der Waals surface area contributed by atoms with E-state index in [1.807, 2.05) is 6.07 Å². The van der Waals surface area contributed by atoms with E-state index < -0.39 is 17.7 Å². The Morgan fingerprint density at radius 3 is 2.74 bits per heavy atom. The lowest BCUT2D eigenvalue weighted by atomic mass is 9.90. The fraction of sp³-hybridized carbons (Fsp3) is 0.320. The molecule has 1 aromatic carbocycles. The number of nitrogens with zero attached hydrogens (tertiary/aromatic N) is 1. The van der Waals surface area contributed by atoms with Crippen LogP contribution in [0.15, 0.2) is 54.9 Å². The third-order valence-electron chi connectivity index (χ3n) is 5.95. The van der Waals surface area contributed by atoms with Crippen molar-refractivity contribution in [1.29, 1.82) is 0 Å². The van der Waals surface area contributed by atoms with Gasteiger partial charge in [-0.2, -0.15) is 0 Å². The van der Waals surface area contributed by atoms with E-state index in [1.54, 1.807) is 55.7 Å². The molecule has 1 amide bonds. The van der Waals surface area contributed by atoms with Crippen molar-refractivity contribution in [2.45, 2.75) is 38.0 Å². The lowest BCUT2D eigenvalue weighted by Crippen LogP contribution is -2.35. The summed E-state index contributed by atoms with van der Waals surface area (Å²) in [7, 11) is 0. The molecule has 0 radical (unpaired) electrons. The fourth-order valence-corrected chi connectivity index (χ4v) is 5.00. The van der Waals surface area contributed by atoms with Gasteiger partial charge in [-0.05, 0) is 47.7 Å². The number of carboxylic acid groups (broad SMARTS) is 1. The van der Waals surface area contributed by atoms with Crippen molar-refractivity contribution in [3.63, 3.8) is 0 Å². The normalized spacial score (nSPS) is 15.6. The van der Waals surface area contributed by atoms with Gasteiger partial charge in [0.05, 0.1) is 17.6 Å². The largest absolute Gasteiger partial charge is 0.482 e. The molecular formula is C25H27N3O5S. The van der Waals surface area contributed by atoms with Crippen LogP contribution in [0.25, 0.3) is 0 Å². The van der Waals surface area contributed by atoms with Crippen molar-refractivity contribution in [2.75, 3.05) is 13.1 Å². The monoisotopic (exact) mass is 481 g/mol. The summed E-state index contributed by atoms with van der Waals surface area (Å²) in [6.45, 7) is 3.51. The first-order valence-corrected chi connectivity index (χ1v) is 12.0. The Labute approximate surface area is 201 Å². The number of rotatable bonds is 9. The lowest BCUT2D eigenvalue weighted by Gasteiger charge is -2.24. The first-order chi connectivity index (χ1) is 16.4. The zero-order valence-corrected chi connectivity index (χ0v) is 19.6. The van der Waals surface area contributed by atoms with Crippen LogP contribution in [0.1, 0.15) is 50.7 Å². The van der Waals surface area contributed by atoms with Crippen LogP contribution in [0.4, 0.5) is 0 Å². The van der Waals surface area contributed by atoms with Crippen LogP contribution in [0.3, 0.4) is 0 Å². The van der Waals surface area contributed by atoms with E-state index in [0.717, 1.165) is 25.1 Å². The smallest absolute Gasteiger partial charge is 0.340 e. The molecule has 4 rings (SSSR count). The maximum Gasteiger partial charge on any atom is 0.340 e. The SMILES string of the molecule is CCC(O)(C(=O)O)c1ccc(C(CNC(=O)c2cc3c(s2)CCNC3)Oc2cccnc2)cc1. The van der Waals surface area contributed by atoms with Gasteiger partial charge in [-0.1, -0.05) is 31.2 Å². The summed E-state index contributed by atoms with van der Waals surface area (Å²) in [5.41, 5.74) is 0.223. The highest BCUT2D eigenvalue weighted by Gasteiger charge is 2.36. The van der Waals surface area contributed by atoms with Crippen molar-refractivity contribution in [3.8, 4) is 5.75 Å². The predicted octanol–water partition coefficient (Wildman–Crippen LogP) is 3.02. The first kappa shape index (κ1) is 23.9. The van der Waals surface area contributed by atoms with Crippen LogP contribution in [-0.2, 0) is 23.4 Å². The van der Waals surface area contributed by atoms with Gasteiger partial charge in [-0.3, -0.25) is 9.78 Å². The van der Waals surface area contributed by atoms with E-state index in [9.17, 15) is 19.8 Å². The Kier molecular flexibility index (Phi) is 7.26. The molecule has 0 fully saturated rings. The molecule has 8 nitrogen and oxygen atoms in total. The number of carbonyl (C=O) groups is 2. The number of benzene rings is 1. The summed E-state index contributed by atoms with van der Waals surface area (Å²) in [5.74, 6) is -0.923. The second kappa shape index (κ2) is 10.3. The number of carbonyl (C=O) groups excluding carboxylic acids is 1.